The van der Waals surface area contributed by atoms with Crippen LogP contribution in [0.5, 0.6) is 0 Å². The molecule has 0 aromatic heterocycles. The maximum absolute atomic E-state index is 13.7. The number of nitrogens with one attached hydrogen (secondary N) is 2. The van der Waals surface area contributed by atoms with Gasteiger partial charge in [-0.1, -0.05) is 60.7 Å². The van der Waals surface area contributed by atoms with Gasteiger partial charge in [0.2, 0.25) is 0 Å². The molecule has 0 saturated carbocycles. The van der Waals surface area contributed by atoms with E-state index in [1.54, 1.807) is 30.3 Å². The fourth-order valence-electron chi connectivity index (χ4n) is 5.44. The number of ketones is 2. The molecule has 192 valence electrons. The van der Waals surface area contributed by atoms with Gasteiger partial charge in [0.05, 0.1) is 22.3 Å². The highest BCUT2D eigenvalue weighted by molar-refractivity contribution is 6.10. The zero-order valence-corrected chi connectivity index (χ0v) is 21.0. The number of fused-ring (bicyclic) bond motifs is 1. The number of hydrogen-bond donors (Lipinski definition) is 2. The van der Waals surface area contributed by atoms with Gasteiger partial charge in [-0.3, -0.25) is 19.7 Å². The summed E-state index contributed by atoms with van der Waals surface area (Å²) in [5.41, 5.74) is 5.81. The number of non-ortho nitro benzene ring substituents is 1. The van der Waals surface area contributed by atoms with Crippen molar-refractivity contribution in [3.63, 3.8) is 0 Å². The quantitative estimate of drug-likeness (QED) is 0.172. The van der Waals surface area contributed by atoms with Gasteiger partial charge in [0.15, 0.2) is 11.6 Å². The molecule has 0 spiro atoms. The lowest BCUT2D eigenvalue weighted by Gasteiger charge is -2.30. The lowest BCUT2D eigenvalue weighted by molar-refractivity contribution is -0.384. The number of nitro groups is 1. The summed E-state index contributed by atoms with van der Waals surface area (Å²) in [6, 6.07) is 30.3. The Morgan fingerprint density at radius 1 is 0.769 bits per heavy atom. The molecule has 0 radical (unpaired) electrons. The van der Waals surface area contributed by atoms with E-state index in [9.17, 15) is 19.7 Å². The Morgan fingerprint density at radius 2 is 1.46 bits per heavy atom. The molecule has 0 unspecified atom stereocenters. The number of Topliss-reactive ketones (excluding diaryl/α,β-unsaturated/α-hetero) is 1. The van der Waals surface area contributed by atoms with Crippen LogP contribution >= 0.6 is 0 Å². The third-order valence-corrected chi connectivity index (χ3v) is 7.41. The number of rotatable bonds is 5. The van der Waals surface area contributed by atoms with Crippen LogP contribution in [0.15, 0.2) is 114 Å². The molecule has 1 heterocycles. The number of carbonyl (C=O) groups is 2. The van der Waals surface area contributed by atoms with E-state index < -0.39 is 11.0 Å². The van der Waals surface area contributed by atoms with Gasteiger partial charge in [-0.2, -0.15) is 0 Å². The molecule has 7 heteroatoms. The maximum atomic E-state index is 13.7. The Kier molecular flexibility index (Phi) is 6.25. The third-order valence-electron chi connectivity index (χ3n) is 7.41. The first-order chi connectivity index (χ1) is 19.0. The van der Waals surface area contributed by atoms with Crippen molar-refractivity contribution in [2.75, 3.05) is 10.6 Å². The van der Waals surface area contributed by atoms with Crippen molar-refractivity contribution in [2.45, 2.75) is 24.8 Å². The summed E-state index contributed by atoms with van der Waals surface area (Å²) >= 11 is 0. The van der Waals surface area contributed by atoms with Gasteiger partial charge in [0, 0.05) is 41.0 Å². The summed E-state index contributed by atoms with van der Waals surface area (Å²) in [7, 11) is 0. The Labute approximate surface area is 225 Å². The molecule has 2 atom stereocenters. The summed E-state index contributed by atoms with van der Waals surface area (Å²) in [5.74, 6) is -0.0626. The average Bonchev–Trinajstić information content (AvgIpc) is 3.14. The predicted molar refractivity (Wildman–Crippen MR) is 150 cm³/mol. The van der Waals surface area contributed by atoms with Crippen molar-refractivity contribution in [2.24, 2.45) is 0 Å². The molecule has 0 bridgehead atoms. The van der Waals surface area contributed by atoms with Crippen molar-refractivity contribution in [1.29, 1.82) is 0 Å². The monoisotopic (exact) mass is 515 g/mol. The molecule has 2 N–H and O–H groups in total. The Hall–Kier alpha value is -5.04. The highest BCUT2D eigenvalue weighted by Crippen LogP contribution is 2.44. The largest absolute Gasteiger partial charge is 0.372 e. The first-order valence-corrected chi connectivity index (χ1v) is 12.8. The first kappa shape index (κ1) is 24.3. The van der Waals surface area contributed by atoms with Crippen LogP contribution in [-0.4, -0.2) is 16.5 Å². The zero-order chi connectivity index (χ0) is 26.9. The van der Waals surface area contributed by atoms with E-state index in [0.717, 1.165) is 22.5 Å². The Bertz CT molecular complexity index is 1610. The minimum atomic E-state index is -0.505. The van der Waals surface area contributed by atoms with E-state index in [-0.39, 0.29) is 23.2 Å². The zero-order valence-electron chi connectivity index (χ0n) is 21.0. The second-order valence-electron chi connectivity index (χ2n) is 9.84. The van der Waals surface area contributed by atoms with Gasteiger partial charge < -0.3 is 10.6 Å². The molecule has 0 fully saturated rings. The minimum absolute atomic E-state index is 0.0109. The lowest BCUT2D eigenvalue weighted by atomic mass is 9.78. The topological polar surface area (TPSA) is 101 Å². The van der Waals surface area contributed by atoms with Crippen LogP contribution in [0.1, 0.15) is 51.8 Å². The van der Waals surface area contributed by atoms with Crippen molar-refractivity contribution in [3.05, 3.63) is 147 Å². The van der Waals surface area contributed by atoms with Crippen LogP contribution in [0.25, 0.3) is 0 Å². The Balaban J connectivity index is 1.44. The highest BCUT2D eigenvalue weighted by atomic mass is 16.6. The van der Waals surface area contributed by atoms with Crippen LogP contribution in [0.4, 0.5) is 17.1 Å². The van der Waals surface area contributed by atoms with Gasteiger partial charge in [-0.15, -0.1) is 0 Å². The van der Waals surface area contributed by atoms with E-state index in [2.05, 4.69) is 10.6 Å². The summed E-state index contributed by atoms with van der Waals surface area (Å²) < 4.78 is 0. The Morgan fingerprint density at radius 3 is 2.15 bits per heavy atom. The number of anilines is 2. The molecule has 7 nitrogen and oxygen atoms in total. The minimum Gasteiger partial charge on any atom is -0.372 e. The van der Waals surface area contributed by atoms with E-state index >= 15 is 0 Å². The van der Waals surface area contributed by atoms with Crippen LogP contribution < -0.4 is 10.6 Å². The smallest absolute Gasteiger partial charge is 0.269 e. The standard InChI is InChI=1S/C32H25N3O4/c36-29-19-24(20-7-3-1-4-8-20)18-28-30(29)31(21-11-14-25(15-12-21)35(38)39)34-26-16-13-23(17-27(26)33-28)32(37)22-9-5-2-6-10-22/h1-17,24,31,33-34H,18-19H2/t24-,31-/m1/s1. The maximum Gasteiger partial charge on any atom is 0.269 e. The molecule has 6 rings (SSSR count). The molecular weight excluding hydrogens is 490 g/mol. The molecule has 39 heavy (non-hydrogen) atoms. The molecule has 0 saturated heterocycles. The number of allylic oxidation sites excluding steroid dienone is 1. The van der Waals surface area contributed by atoms with E-state index in [0.29, 0.717) is 35.2 Å². The fraction of sp³-hybridized carbons (Fsp3) is 0.125. The third kappa shape index (κ3) is 4.70. The van der Waals surface area contributed by atoms with Crippen molar-refractivity contribution < 1.29 is 14.5 Å². The van der Waals surface area contributed by atoms with Gasteiger partial charge in [0.1, 0.15) is 0 Å². The van der Waals surface area contributed by atoms with Gasteiger partial charge in [0.25, 0.3) is 5.69 Å². The second-order valence-corrected chi connectivity index (χ2v) is 9.84. The first-order valence-electron chi connectivity index (χ1n) is 12.8. The van der Waals surface area contributed by atoms with Gasteiger partial charge >= 0.3 is 0 Å². The molecular formula is C32H25N3O4. The molecule has 4 aromatic carbocycles. The SMILES string of the molecule is O=C1C[C@H](c2ccccc2)CC2=C1[C@@H](c1ccc([N+](=O)[O-])cc1)Nc1ccc(C(=O)c3ccccc3)cc1N2. The number of benzene rings is 4. The molecule has 2 aliphatic rings. The van der Waals surface area contributed by atoms with E-state index in [1.807, 2.05) is 60.7 Å². The van der Waals surface area contributed by atoms with Crippen LogP contribution in [-0.2, 0) is 4.79 Å². The average molecular weight is 516 g/mol. The predicted octanol–water partition coefficient (Wildman–Crippen LogP) is 6.81. The number of nitrogens with zero attached hydrogens (tertiary/aromatic N) is 1. The van der Waals surface area contributed by atoms with Crippen molar-refractivity contribution in [3.8, 4) is 0 Å². The highest BCUT2D eigenvalue weighted by Gasteiger charge is 2.36. The van der Waals surface area contributed by atoms with Crippen LogP contribution in [0.2, 0.25) is 0 Å². The summed E-state index contributed by atoms with van der Waals surface area (Å²) in [6.07, 6.45) is 0.982. The fourth-order valence-corrected chi connectivity index (χ4v) is 5.44. The van der Waals surface area contributed by atoms with E-state index in [1.165, 1.54) is 12.1 Å². The molecule has 1 aliphatic carbocycles. The van der Waals surface area contributed by atoms with Crippen molar-refractivity contribution in [1.82, 2.24) is 0 Å². The van der Waals surface area contributed by atoms with Crippen molar-refractivity contribution >= 4 is 28.6 Å². The lowest BCUT2D eigenvalue weighted by Crippen LogP contribution is -2.26. The van der Waals surface area contributed by atoms with Crippen LogP contribution in [0, 0.1) is 10.1 Å². The number of hydrogen-bond acceptors (Lipinski definition) is 6. The summed E-state index contributed by atoms with van der Waals surface area (Å²) in [6.45, 7) is 0. The number of nitro benzene ring substituents is 1. The normalized spacial score (nSPS) is 18.2. The second kappa shape index (κ2) is 10.0. The summed E-state index contributed by atoms with van der Waals surface area (Å²) in [4.78, 5) is 37.7. The van der Waals surface area contributed by atoms with E-state index in [4.69, 9.17) is 0 Å². The molecule has 1 aliphatic heterocycles. The number of carbonyl (C=O) groups excluding carboxylic acids is 2. The van der Waals surface area contributed by atoms with Gasteiger partial charge in [-0.05, 0) is 53.8 Å². The van der Waals surface area contributed by atoms with Crippen LogP contribution in [0.3, 0.4) is 0 Å². The molecule has 4 aromatic rings. The van der Waals surface area contributed by atoms with Gasteiger partial charge in [-0.25, -0.2) is 0 Å². The molecule has 0 amide bonds. The summed E-state index contributed by atoms with van der Waals surface area (Å²) in [5, 5.41) is 18.2.